The average molecular weight is 372 g/mol. The van der Waals surface area contributed by atoms with Gasteiger partial charge in [0.05, 0.1) is 28.1 Å². The van der Waals surface area contributed by atoms with E-state index in [-0.39, 0.29) is 19.4 Å². The molecule has 2 aromatic heterocycles. The van der Waals surface area contributed by atoms with E-state index < -0.39 is 17.3 Å². The quantitative estimate of drug-likeness (QED) is 0.705. The van der Waals surface area contributed by atoms with Crippen molar-refractivity contribution in [2.75, 3.05) is 0 Å². The molecule has 2 heterocycles. The molecule has 27 heavy (non-hydrogen) atoms. The summed E-state index contributed by atoms with van der Waals surface area (Å²) >= 11 is 0. The van der Waals surface area contributed by atoms with Gasteiger partial charge in [-0.05, 0) is 36.6 Å². The number of halogens is 3. The fourth-order valence-electron chi connectivity index (χ4n) is 3.43. The Morgan fingerprint density at radius 3 is 2.63 bits per heavy atom. The van der Waals surface area contributed by atoms with E-state index in [1.165, 1.54) is 22.4 Å². The highest BCUT2D eigenvalue weighted by molar-refractivity contribution is 5.84. The second-order valence-corrected chi connectivity index (χ2v) is 6.94. The molecule has 0 unspecified atom stereocenters. The van der Waals surface area contributed by atoms with Crippen molar-refractivity contribution in [2.24, 2.45) is 12.5 Å². The van der Waals surface area contributed by atoms with Gasteiger partial charge in [-0.25, -0.2) is 4.79 Å². The SMILES string of the molecule is Cn1c(=O)n(CC2(C(F)(F)F)CC2)c2ccc(-c3cnccc3C#N)cc21. The molecular formula is C19H15F3N4O. The molecule has 0 N–H and O–H groups in total. The molecule has 1 aliphatic carbocycles. The number of aryl methyl sites for hydroxylation is 1. The van der Waals surface area contributed by atoms with E-state index in [1.54, 1.807) is 30.5 Å². The van der Waals surface area contributed by atoms with Crippen molar-refractivity contribution in [3.63, 3.8) is 0 Å². The van der Waals surface area contributed by atoms with Crippen LogP contribution in [0.4, 0.5) is 13.2 Å². The van der Waals surface area contributed by atoms with Crippen molar-refractivity contribution in [1.82, 2.24) is 14.1 Å². The predicted molar refractivity (Wildman–Crippen MR) is 92.8 cm³/mol. The second-order valence-electron chi connectivity index (χ2n) is 6.94. The van der Waals surface area contributed by atoms with Gasteiger partial charge in [-0.3, -0.25) is 14.1 Å². The molecule has 138 valence electrons. The number of rotatable bonds is 3. The lowest BCUT2D eigenvalue weighted by Gasteiger charge is -2.19. The van der Waals surface area contributed by atoms with Crippen LogP contribution in [0, 0.1) is 16.7 Å². The Hall–Kier alpha value is -3.08. The van der Waals surface area contributed by atoms with E-state index in [2.05, 4.69) is 11.1 Å². The molecule has 1 fully saturated rings. The van der Waals surface area contributed by atoms with Gasteiger partial charge in [0.2, 0.25) is 0 Å². The lowest BCUT2D eigenvalue weighted by Crippen LogP contribution is -2.33. The fraction of sp³-hybridized carbons (Fsp3) is 0.316. The molecular weight excluding hydrogens is 357 g/mol. The molecule has 1 saturated carbocycles. The molecule has 0 spiro atoms. The number of pyridine rings is 1. The van der Waals surface area contributed by atoms with E-state index in [0.29, 0.717) is 27.7 Å². The van der Waals surface area contributed by atoms with Crippen LogP contribution in [0.25, 0.3) is 22.2 Å². The van der Waals surface area contributed by atoms with Crippen LogP contribution in [0.5, 0.6) is 0 Å². The summed E-state index contributed by atoms with van der Waals surface area (Å²) in [4.78, 5) is 16.6. The molecule has 5 nitrogen and oxygen atoms in total. The zero-order valence-electron chi connectivity index (χ0n) is 14.4. The van der Waals surface area contributed by atoms with Crippen LogP contribution >= 0.6 is 0 Å². The van der Waals surface area contributed by atoms with Crippen molar-refractivity contribution >= 4 is 11.0 Å². The van der Waals surface area contributed by atoms with Crippen molar-refractivity contribution in [3.05, 3.63) is 52.7 Å². The highest BCUT2D eigenvalue weighted by Gasteiger charge is 2.63. The van der Waals surface area contributed by atoms with Crippen molar-refractivity contribution in [2.45, 2.75) is 25.6 Å². The predicted octanol–water partition coefficient (Wildman–Crippen LogP) is 3.62. The van der Waals surface area contributed by atoms with Gasteiger partial charge in [0.1, 0.15) is 0 Å². The summed E-state index contributed by atoms with van der Waals surface area (Å²) in [6.45, 7) is -0.373. The van der Waals surface area contributed by atoms with Crippen LogP contribution in [0.3, 0.4) is 0 Å². The Kier molecular flexibility index (Phi) is 3.67. The number of hydrogen-bond acceptors (Lipinski definition) is 3. The number of benzene rings is 1. The first-order chi connectivity index (χ1) is 12.8. The Morgan fingerprint density at radius 2 is 2.00 bits per heavy atom. The summed E-state index contributed by atoms with van der Waals surface area (Å²) in [5.74, 6) is 0. The first kappa shape index (κ1) is 17.3. The van der Waals surface area contributed by atoms with Crippen LogP contribution in [-0.2, 0) is 13.6 Å². The Bertz CT molecular complexity index is 1150. The number of aromatic nitrogens is 3. The minimum atomic E-state index is -4.33. The molecule has 0 aliphatic heterocycles. The lowest BCUT2D eigenvalue weighted by molar-refractivity contribution is -0.190. The third-order valence-corrected chi connectivity index (χ3v) is 5.31. The van der Waals surface area contributed by atoms with Crippen LogP contribution in [0.1, 0.15) is 18.4 Å². The minimum absolute atomic E-state index is 0.0403. The summed E-state index contributed by atoms with van der Waals surface area (Å²) < 4.78 is 42.5. The normalized spacial score (nSPS) is 15.7. The third kappa shape index (κ3) is 2.62. The third-order valence-electron chi connectivity index (χ3n) is 5.31. The van der Waals surface area contributed by atoms with E-state index in [1.807, 2.05) is 0 Å². The Morgan fingerprint density at radius 1 is 1.26 bits per heavy atom. The molecule has 0 atom stereocenters. The van der Waals surface area contributed by atoms with Gasteiger partial charge in [0.25, 0.3) is 0 Å². The maximum atomic E-state index is 13.3. The summed E-state index contributed by atoms with van der Waals surface area (Å²) in [6, 6.07) is 8.71. The summed E-state index contributed by atoms with van der Waals surface area (Å²) in [5.41, 5.74) is 0.397. The maximum Gasteiger partial charge on any atom is 0.396 e. The van der Waals surface area contributed by atoms with Crippen molar-refractivity contribution in [3.8, 4) is 17.2 Å². The molecule has 4 rings (SSSR count). The monoisotopic (exact) mass is 372 g/mol. The van der Waals surface area contributed by atoms with Gasteiger partial charge in [-0.2, -0.15) is 18.4 Å². The van der Waals surface area contributed by atoms with Gasteiger partial charge in [-0.15, -0.1) is 0 Å². The summed E-state index contributed by atoms with van der Waals surface area (Å²) in [6.07, 6.45) is -1.18. The van der Waals surface area contributed by atoms with Gasteiger partial charge < -0.3 is 0 Å². The number of nitriles is 1. The number of alkyl halides is 3. The summed E-state index contributed by atoms with van der Waals surface area (Å²) in [5, 5.41) is 9.26. The molecule has 1 aliphatic rings. The molecule has 3 aromatic rings. The van der Waals surface area contributed by atoms with Gasteiger partial charge >= 0.3 is 11.9 Å². The van der Waals surface area contributed by atoms with E-state index in [9.17, 15) is 23.2 Å². The Labute approximate surface area is 152 Å². The zero-order chi connectivity index (χ0) is 19.4. The first-order valence-electron chi connectivity index (χ1n) is 8.38. The maximum absolute atomic E-state index is 13.3. The van der Waals surface area contributed by atoms with Crippen LogP contribution in [-0.4, -0.2) is 20.3 Å². The van der Waals surface area contributed by atoms with Gasteiger partial charge in [0, 0.05) is 31.5 Å². The molecule has 0 bridgehead atoms. The molecule has 0 radical (unpaired) electrons. The van der Waals surface area contributed by atoms with Gasteiger partial charge in [0.15, 0.2) is 0 Å². The molecule has 0 amide bonds. The first-order valence-corrected chi connectivity index (χ1v) is 8.38. The standard InChI is InChI=1S/C19H15F3N4O/c1-25-16-8-12(14-10-24-7-4-13(14)9-23)2-3-15(16)26(17(25)27)11-18(5-6-18)19(20,21)22/h2-4,7-8,10H,5-6,11H2,1H3. The number of nitrogens with zero attached hydrogens (tertiary/aromatic N) is 4. The van der Waals surface area contributed by atoms with E-state index in [4.69, 9.17) is 0 Å². The number of imidazole rings is 1. The average Bonchev–Trinajstić information content (AvgIpc) is 3.41. The second kappa shape index (κ2) is 5.71. The lowest BCUT2D eigenvalue weighted by atomic mass is 10.0. The topological polar surface area (TPSA) is 63.6 Å². The smallest absolute Gasteiger partial charge is 0.295 e. The number of fused-ring (bicyclic) bond motifs is 1. The van der Waals surface area contributed by atoms with Crippen LogP contribution in [0.15, 0.2) is 41.5 Å². The summed E-state index contributed by atoms with van der Waals surface area (Å²) in [7, 11) is 1.53. The van der Waals surface area contributed by atoms with Crippen molar-refractivity contribution in [1.29, 1.82) is 5.26 Å². The Balaban J connectivity index is 1.85. The van der Waals surface area contributed by atoms with Crippen molar-refractivity contribution < 1.29 is 13.2 Å². The number of hydrogen-bond donors (Lipinski definition) is 0. The highest BCUT2D eigenvalue weighted by Crippen LogP contribution is 2.58. The van der Waals surface area contributed by atoms with E-state index >= 15 is 0 Å². The van der Waals surface area contributed by atoms with Crippen LogP contribution in [0.2, 0.25) is 0 Å². The minimum Gasteiger partial charge on any atom is -0.295 e. The molecule has 1 aromatic carbocycles. The zero-order valence-corrected chi connectivity index (χ0v) is 14.4. The largest absolute Gasteiger partial charge is 0.396 e. The van der Waals surface area contributed by atoms with Crippen LogP contribution < -0.4 is 5.69 Å². The van der Waals surface area contributed by atoms with Gasteiger partial charge in [-0.1, -0.05) is 6.07 Å². The highest BCUT2D eigenvalue weighted by atomic mass is 19.4. The fourth-order valence-corrected chi connectivity index (χ4v) is 3.43. The molecule has 0 saturated heterocycles. The van der Waals surface area contributed by atoms with E-state index in [0.717, 1.165) is 0 Å². The molecule has 8 heteroatoms.